The summed E-state index contributed by atoms with van der Waals surface area (Å²) in [5.74, 6) is 0.602. The molecule has 1 N–H and O–H groups in total. The largest absolute Gasteiger partial charge is 0.421 e. The Morgan fingerprint density at radius 1 is 1.08 bits per heavy atom. The van der Waals surface area contributed by atoms with E-state index < -0.39 is 11.8 Å². The quantitative estimate of drug-likeness (QED) is 0.793. The highest BCUT2D eigenvalue weighted by atomic mass is 19.4. The van der Waals surface area contributed by atoms with Gasteiger partial charge in [0.2, 0.25) is 0 Å². The molecular weight excluding hydrogens is 319 g/mol. The Kier molecular flexibility index (Phi) is 6.60. The Morgan fingerprint density at radius 2 is 1.62 bits per heavy atom. The van der Waals surface area contributed by atoms with Crippen LogP contribution in [0.4, 0.5) is 13.2 Å². The summed E-state index contributed by atoms with van der Waals surface area (Å²) in [6.45, 7) is 9.12. The van der Waals surface area contributed by atoms with Gasteiger partial charge in [0.25, 0.3) is 0 Å². The lowest BCUT2D eigenvalue weighted by molar-refractivity contribution is -0.269. The molecule has 0 saturated carbocycles. The number of rotatable bonds is 4. The van der Waals surface area contributed by atoms with Crippen molar-refractivity contribution in [3.63, 3.8) is 0 Å². The van der Waals surface area contributed by atoms with Crippen LogP contribution in [-0.4, -0.2) is 16.4 Å². The number of aliphatic hydroxyl groups is 1. The van der Waals surface area contributed by atoms with Gasteiger partial charge < -0.3 is 9.63 Å². The maximum atomic E-state index is 13.2. The first kappa shape index (κ1) is 20.2. The molecule has 2 rings (SSSR count). The monoisotopic (exact) mass is 343 g/mol. The molecule has 0 amide bonds. The van der Waals surface area contributed by atoms with Gasteiger partial charge in [0.1, 0.15) is 5.76 Å². The van der Waals surface area contributed by atoms with E-state index in [-0.39, 0.29) is 18.4 Å². The maximum Gasteiger partial charge on any atom is 0.421 e. The second kappa shape index (κ2) is 7.83. The summed E-state index contributed by atoms with van der Waals surface area (Å²) in [5, 5.41) is 13.9. The van der Waals surface area contributed by atoms with Gasteiger partial charge >= 0.3 is 6.18 Å². The highest BCUT2D eigenvalue weighted by molar-refractivity contribution is 5.67. The van der Waals surface area contributed by atoms with Crippen molar-refractivity contribution in [1.82, 2.24) is 5.16 Å². The van der Waals surface area contributed by atoms with Gasteiger partial charge in [-0.2, -0.15) is 13.2 Å². The van der Waals surface area contributed by atoms with Crippen LogP contribution in [-0.2, 0) is 5.60 Å². The lowest BCUT2D eigenvalue weighted by atomic mass is 9.87. The van der Waals surface area contributed by atoms with E-state index in [1.54, 1.807) is 32.9 Å². The molecule has 1 aromatic heterocycles. The van der Waals surface area contributed by atoms with Gasteiger partial charge in [-0.25, -0.2) is 0 Å². The SMILES string of the molecule is CC.CCCC(O)(c1ccc(-c2c(C)noc2C)cc1)C(F)(F)F. The fourth-order valence-electron chi connectivity index (χ4n) is 2.62. The summed E-state index contributed by atoms with van der Waals surface area (Å²) in [6, 6.07) is 5.72. The number of aromatic nitrogens is 1. The zero-order chi connectivity index (χ0) is 18.5. The summed E-state index contributed by atoms with van der Waals surface area (Å²) in [4.78, 5) is 0. The highest BCUT2D eigenvalue weighted by Crippen LogP contribution is 2.43. The van der Waals surface area contributed by atoms with Crippen LogP contribution in [0.25, 0.3) is 11.1 Å². The molecule has 6 heteroatoms. The average molecular weight is 343 g/mol. The predicted molar refractivity (Wildman–Crippen MR) is 87.6 cm³/mol. The maximum absolute atomic E-state index is 13.2. The third-order valence-electron chi connectivity index (χ3n) is 3.77. The minimum atomic E-state index is -4.71. The normalized spacial score (nSPS) is 13.9. The topological polar surface area (TPSA) is 46.3 Å². The summed E-state index contributed by atoms with van der Waals surface area (Å²) in [5.41, 5.74) is -0.834. The molecule has 1 aromatic carbocycles. The Labute approximate surface area is 140 Å². The summed E-state index contributed by atoms with van der Waals surface area (Å²) < 4.78 is 44.7. The molecule has 1 heterocycles. The van der Waals surface area contributed by atoms with Crippen molar-refractivity contribution >= 4 is 0 Å². The van der Waals surface area contributed by atoms with E-state index in [1.165, 1.54) is 12.1 Å². The van der Waals surface area contributed by atoms with Crippen molar-refractivity contribution in [3.8, 4) is 11.1 Å². The van der Waals surface area contributed by atoms with Gasteiger partial charge in [-0.1, -0.05) is 56.6 Å². The third kappa shape index (κ3) is 3.80. The van der Waals surface area contributed by atoms with Crippen molar-refractivity contribution in [1.29, 1.82) is 0 Å². The van der Waals surface area contributed by atoms with Crippen LogP contribution in [0.3, 0.4) is 0 Å². The van der Waals surface area contributed by atoms with Gasteiger partial charge in [0.15, 0.2) is 5.60 Å². The van der Waals surface area contributed by atoms with Gasteiger partial charge in [-0.05, 0) is 31.4 Å². The van der Waals surface area contributed by atoms with E-state index in [0.29, 0.717) is 17.0 Å². The molecule has 134 valence electrons. The Balaban J connectivity index is 0.00000139. The zero-order valence-corrected chi connectivity index (χ0v) is 14.7. The van der Waals surface area contributed by atoms with Crippen molar-refractivity contribution in [3.05, 3.63) is 41.3 Å². The van der Waals surface area contributed by atoms with Gasteiger partial charge in [-0.3, -0.25) is 0 Å². The number of hydrogen-bond donors (Lipinski definition) is 1. The second-order valence-corrected chi connectivity index (χ2v) is 5.38. The molecule has 0 bridgehead atoms. The fourth-order valence-corrected chi connectivity index (χ4v) is 2.62. The molecular formula is C18H24F3NO2. The third-order valence-corrected chi connectivity index (χ3v) is 3.77. The Hall–Kier alpha value is -1.82. The number of halogens is 3. The predicted octanol–water partition coefficient (Wildman–Crippen LogP) is 5.53. The highest BCUT2D eigenvalue weighted by Gasteiger charge is 2.54. The minimum Gasteiger partial charge on any atom is -0.376 e. The average Bonchev–Trinajstić information content (AvgIpc) is 2.87. The first-order valence-electron chi connectivity index (χ1n) is 8.03. The lowest BCUT2D eigenvalue weighted by Gasteiger charge is -2.30. The fraction of sp³-hybridized carbons (Fsp3) is 0.500. The molecule has 0 saturated heterocycles. The van der Waals surface area contributed by atoms with Crippen molar-refractivity contribution < 1.29 is 22.8 Å². The number of nitrogens with zero attached hydrogens (tertiary/aromatic N) is 1. The van der Waals surface area contributed by atoms with Crippen LogP contribution in [0.2, 0.25) is 0 Å². The molecule has 0 radical (unpaired) electrons. The number of alkyl halides is 3. The smallest absolute Gasteiger partial charge is 0.376 e. The minimum absolute atomic E-state index is 0.155. The summed E-state index contributed by atoms with van der Waals surface area (Å²) in [6.07, 6.45) is -4.86. The van der Waals surface area contributed by atoms with Crippen LogP contribution < -0.4 is 0 Å². The lowest BCUT2D eigenvalue weighted by Crippen LogP contribution is -2.42. The Morgan fingerprint density at radius 3 is 2.00 bits per heavy atom. The summed E-state index contributed by atoms with van der Waals surface area (Å²) >= 11 is 0. The number of hydrogen-bond acceptors (Lipinski definition) is 3. The molecule has 3 nitrogen and oxygen atoms in total. The van der Waals surface area contributed by atoms with Crippen LogP contribution in [0.5, 0.6) is 0 Å². The molecule has 24 heavy (non-hydrogen) atoms. The van der Waals surface area contributed by atoms with Gasteiger partial charge in [0, 0.05) is 5.56 Å². The number of benzene rings is 1. The zero-order valence-electron chi connectivity index (χ0n) is 14.7. The van der Waals surface area contributed by atoms with E-state index in [0.717, 1.165) is 5.56 Å². The van der Waals surface area contributed by atoms with Gasteiger partial charge in [-0.15, -0.1) is 0 Å². The molecule has 0 aliphatic heterocycles. The molecule has 0 spiro atoms. The van der Waals surface area contributed by atoms with Crippen LogP contribution in [0.15, 0.2) is 28.8 Å². The standard InChI is InChI=1S/C16H18F3NO2.C2H6/c1-4-9-15(21,16(17,18)19)13-7-5-12(6-8-13)14-10(2)20-22-11(14)3;1-2/h5-8,21H,4,9H2,1-3H3;1-2H3. The van der Waals surface area contributed by atoms with Crippen molar-refractivity contribution in [2.45, 2.75) is 59.2 Å². The summed E-state index contributed by atoms with van der Waals surface area (Å²) in [7, 11) is 0. The van der Waals surface area contributed by atoms with E-state index >= 15 is 0 Å². The first-order valence-corrected chi connectivity index (χ1v) is 8.03. The molecule has 2 aromatic rings. The number of aryl methyl sites for hydroxylation is 2. The molecule has 0 aliphatic rings. The van der Waals surface area contributed by atoms with Crippen molar-refractivity contribution in [2.75, 3.05) is 0 Å². The van der Waals surface area contributed by atoms with Crippen LogP contribution >= 0.6 is 0 Å². The Bertz CT molecular complexity index is 628. The van der Waals surface area contributed by atoms with E-state index in [2.05, 4.69) is 5.16 Å². The van der Waals surface area contributed by atoms with Crippen molar-refractivity contribution in [2.24, 2.45) is 0 Å². The molecule has 1 atom stereocenters. The molecule has 0 aliphatic carbocycles. The second-order valence-electron chi connectivity index (χ2n) is 5.38. The van der Waals surface area contributed by atoms with E-state index in [9.17, 15) is 18.3 Å². The molecule has 1 unspecified atom stereocenters. The van der Waals surface area contributed by atoms with Crippen LogP contribution in [0.1, 0.15) is 50.6 Å². The van der Waals surface area contributed by atoms with Crippen LogP contribution in [0, 0.1) is 13.8 Å². The van der Waals surface area contributed by atoms with E-state index in [1.807, 2.05) is 13.8 Å². The first-order chi connectivity index (χ1) is 11.2. The van der Waals surface area contributed by atoms with E-state index in [4.69, 9.17) is 4.52 Å². The van der Waals surface area contributed by atoms with Gasteiger partial charge in [0.05, 0.1) is 5.69 Å². The molecule has 0 fully saturated rings.